The molecule has 222 valence electrons. The molecule has 40 heavy (non-hydrogen) atoms. The van der Waals surface area contributed by atoms with E-state index < -0.39 is 0 Å². The quantitative estimate of drug-likeness (QED) is 0.373. The number of carbonyl (C=O) groups excluding carboxylic acids is 2. The monoisotopic (exact) mass is 553 g/mol. The predicted molar refractivity (Wildman–Crippen MR) is 160 cm³/mol. The number of ether oxygens (including phenoxy) is 3. The van der Waals surface area contributed by atoms with E-state index in [9.17, 15) is 9.59 Å². The number of carbonyl (C=O) groups is 2. The van der Waals surface area contributed by atoms with Crippen LogP contribution in [0.2, 0.25) is 0 Å². The summed E-state index contributed by atoms with van der Waals surface area (Å²) in [5, 5.41) is 3.32. The van der Waals surface area contributed by atoms with Gasteiger partial charge in [-0.1, -0.05) is 82.6 Å². The first-order valence-electron chi connectivity index (χ1n) is 15.7. The Labute approximate surface area is 241 Å². The maximum atomic E-state index is 13.4. The first-order chi connectivity index (χ1) is 19.5. The Balaban J connectivity index is 1.69. The zero-order valence-electron chi connectivity index (χ0n) is 25.1. The Morgan fingerprint density at radius 3 is 2.08 bits per heavy atom. The Hall–Kier alpha value is -2.76. The maximum absolute atomic E-state index is 13.4. The van der Waals surface area contributed by atoms with E-state index in [4.69, 9.17) is 14.2 Å². The molecule has 0 amide bonds. The lowest BCUT2D eigenvalue weighted by Crippen LogP contribution is -2.26. The number of nitrogens with one attached hydrogen (secondary N) is 1. The molecule has 6 nitrogen and oxygen atoms in total. The fourth-order valence-corrected chi connectivity index (χ4v) is 5.74. The summed E-state index contributed by atoms with van der Waals surface area (Å²) in [5.74, 6) is 0.156. The largest absolute Gasteiger partial charge is 0.493 e. The molecule has 0 saturated carbocycles. The van der Waals surface area contributed by atoms with Crippen molar-refractivity contribution in [1.82, 2.24) is 5.32 Å². The molecular formula is C34H51NO5. The van der Waals surface area contributed by atoms with Crippen LogP contribution in [0.25, 0.3) is 0 Å². The van der Waals surface area contributed by atoms with Crippen molar-refractivity contribution in [3.8, 4) is 5.75 Å². The number of dihydropyridines is 1. The standard InChI is InChI=1S/C34H51NO5/c1-4-18-28-19-14-17-24-40-34(37)32-27(3)35-26(2)25-30(32)29-20-12-13-21-31(29)38-22-15-10-8-6-5-7-9-11-16-23-39-33(28)36/h12-13,20-21,25,28,30,35H,4-11,14-19,22-24H2,1-3H3. The zero-order chi connectivity index (χ0) is 28.6. The molecular weight excluding hydrogens is 502 g/mol. The van der Waals surface area contributed by atoms with E-state index >= 15 is 0 Å². The summed E-state index contributed by atoms with van der Waals surface area (Å²) in [6, 6.07) is 8.04. The highest BCUT2D eigenvalue weighted by molar-refractivity contribution is 5.92. The van der Waals surface area contributed by atoms with E-state index in [2.05, 4.69) is 24.4 Å². The third kappa shape index (κ3) is 10.3. The van der Waals surface area contributed by atoms with Crippen molar-refractivity contribution in [3.63, 3.8) is 0 Å². The van der Waals surface area contributed by atoms with Gasteiger partial charge in [0.05, 0.1) is 31.3 Å². The van der Waals surface area contributed by atoms with Gasteiger partial charge in [0, 0.05) is 22.9 Å². The Kier molecular flexibility index (Phi) is 14.2. The van der Waals surface area contributed by atoms with Crippen LogP contribution < -0.4 is 10.1 Å². The Morgan fingerprint density at radius 2 is 1.38 bits per heavy atom. The lowest BCUT2D eigenvalue weighted by molar-refractivity contribution is -0.149. The molecule has 0 radical (unpaired) electrons. The minimum absolute atomic E-state index is 0.0655. The summed E-state index contributed by atoms with van der Waals surface area (Å²) >= 11 is 0. The zero-order valence-corrected chi connectivity index (χ0v) is 25.1. The van der Waals surface area contributed by atoms with Gasteiger partial charge in [-0.2, -0.15) is 0 Å². The van der Waals surface area contributed by atoms with E-state index in [-0.39, 0.29) is 23.8 Å². The summed E-state index contributed by atoms with van der Waals surface area (Å²) in [7, 11) is 0. The first-order valence-corrected chi connectivity index (χ1v) is 15.7. The van der Waals surface area contributed by atoms with Crippen LogP contribution in [-0.4, -0.2) is 31.8 Å². The van der Waals surface area contributed by atoms with Gasteiger partial charge in [0.1, 0.15) is 5.75 Å². The highest BCUT2D eigenvalue weighted by Crippen LogP contribution is 2.37. The summed E-state index contributed by atoms with van der Waals surface area (Å²) in [4.78, 5) is 26.0. The molecule has 2 unspecified atom stereocenters. The van der Waals surface area contributed by atoms with Crippen LogP contribution in [0.15, 0.2) is 47.3 Å². The molecule has 0 aromatic heterocycles. The molecule has 1 aromatic rings. The number of benzene rings is 1. The highest BCUT2D eigenvalue weighted by Gasteiger charge is 2.30. The molecule has 1 aromatic carbocycles. The lowest BCUT2D eigenvalue weighted by atomic mass is 9.86. The normalized spacial score (nSPS) is 23.5. The third-order valence-electron chi connectivity index (χ3n) is 7.93. The topological polar surface area (TPSA) is 73.9 Å². The second-order valence-corrected chi connectivity index (χ2v) is 11.3. The van der Waals surface area contributed by atoms with E-state index in [1.807, 2.05) is 32.0 Å². The Bertz CT molecular complexity index is 998. The summed E-state index contributed by atoms with van der Waals surface area (Å²) in [6.45, 7) is 7.58. The number of fused-ring (bicyclic) bond motifs is 3. The molecule has 0 bridgehead atoms. The van der Waals surface area contributed by atoms with Crippen molar-refractivity contribution in [1.29, 1.82) is 0 Å². The van der Waals surface area contributed by atoms with Gasteiger partial charge in [-0.3, -0.25) is 4.79 Å². The van der Waals surface area contributed by atoms with Gasteiger partial charge in [0.2, 0.25) is 0 Å². The minimum atomic E-state index is -0.302. The molecule has 2 aliphatic heterocycles. The van der Waals surface area contributed by atoms with Crippen molar-refractivity contribution in [2.24, 2.45) is 5.92 Å². The first kappa shape index (κ1) is 31.8. The smallest absolute Gasteiger partial charge is 0.336 e. The third-order valence-corrected chi connectivity index (χ3v) is 7.93. The summed E-state index contributed by atoms with van der Waals surface area (Å²) in [5.41, 5.74) is 3.43. The van der Waals surface area contributed by atoms with Crippen LogP contribution in [0.3, 0.4) is 0 Å². The van der Waals surface area contributed by atoms with Gasteiger partial charge in [-0.25, -0.2) is 4.79 Å². The number of hydrogen-bond acceptors (Lipinski definition) is 6. The Morgan fingerprint density at radius 1 is 0.775 bits per heavy atom. The van der Waals surface area contributed by atoms with Crippen LogP contribution in [0.1, 0.15) is 122 Å². The van der Waals surface area contributed by atoms with Crippen LogP contribution in [0, 0.1) is 5.92 Å². The van der Waals surface area contributed by atoms with Crippen molar-refractivity contribution in [2.75, 3.05) is 19.8 Å². The van der Waals surface area contributed by atoms with E-state index in [1.54, 1.807) is 0 Å². The van der Waals surface area contributed by atoms with Crippen molar-refractivity contribution < 1.29 is 23.8 Å². The van der Waals surface area contributed by atoms with Gasteiger partial charge < -0.3 is 19.5 Å². The molecule has 6 heteroatoms. The van der Waals surface area contributed by atoms with E-state index in [1.165, 1.54) is 32.1 Å². The van der Waals surface area contributed by atoms with Gasteiger partial charge in [-0.15, -0.1) is 0 Å². The molecule has 3 rings (SSSR count). The fraction of sp³-hybridized carbons (Fsp3) is 0.647. The van der Waals surface area contributed by atoms with Gasteiger partial charge in [0.25, 0.3) is 0 Å². The minimum Gasteiger partial charge on any atom is -0.493 e. The molecule has 2 atom stereocenters. The fourth-order valence-electron chi connectivity index (χ4n) is 5.74. The lowest BCUT2D eigenvalue weighted by Gasteiger charge is -2.27. The molecule has 0 saturated heterocycles. The second kappa shape index (κ2) is 17.8. The van der Waals surface area contributed by atoms with Crippen LogP contribution in [0.4, 0.5) is 0 Å². The number of hydrogen-bond donors (Lipinski definition) is 1. The van der Waals surface area contributed by atoms with Crippen LogP contribution in [-0.2, 0) is 19.1 Å². The number of esters is 2. The summed E-state index contributed by atoms with van der Waals surface area (Å²) in [6.07, 6.45) is 16.6. The van der Waals surface area contributed by atoms with Gasteiger partial charge in [0.15, 0.2) is 0 Å². The van der Waals surface area contributed by atoms with Crippen molar-refractivity contribution >= 4 is 11.9 Å². The molecule has 0 aliphatic carbocycles. The number of cyclic esters (lactones) is 2. The van der Waals surface area contributed by atoms with Crippen molar-refractivity contribution in [3.05, 3.63) is 52.9 Å². The van der Waals surface area contributed by atoms with E-state index in [0.29, 0.717) is 25.4 Å². The predicted octanol–water partition coefficient (Wildman–Crippen LogP) is 8.13. The van der Waals surface area contributed by atoms with E-state index in [0.717, 1.165) is 80.5 Å². The molecule has 0 spiro atoms. The second-order valence-electron chi connectivity index (χ2n) is 11.3. The van der Waals surface area contributed by atoms with Gasteiger partial charge >= 0.3 is 11.9 Å². The van der Waals surface area contributed by atoms with Crippen LogP contribution in [0.5, 0.6) is 5.75 Å². The number of allylic oxidation sites excluding steroid dienone is 3. The average Bonchev–Trinajstić information content (AvgIpc) is 2.93. The van der Waals surface area contributed by atoms with Gasteiger partial charge in [-0.05, 0) is 58.4 Å². The van der Waals surface area contributed by atoms with Crippen LogP contribution >= 0.6 is 0 Å². The SMILES string of the molecule is CCCC1CCCCOC(=O)C2=C(C)NC(C)=CC2c2ccccc2OCCCCCCCCCCCOC1=O. The molecule has 2 aliphatic rings. The van der Waals surface area contributed by atoms with Crippen molar-refractivity contribution in [2.45, 2.75) is 117 Å². The number of rotatable bonds is 2. The average molecular weight is 554 g/mol. The maximum Gasteiger partial charge on any atom is 0.336 e. The molecule has 2 heterocycles. The molecule has 1 N–H and O–H groups in total. The number of para-hydroxylation sites is 1. The highest BCUT2D eigenvalue weighted by atomic mass is 16.5. The summed E-state index contributed by atoms with van der Waals surface area (Å²) < 4.78 is 17.7. The molecule has 0 fully saturated rings.